The van der Waals surface area contributed by atoms with E-state index >= 15 is 0 Å². The molecule has 0 aromatic carbocycles. The van der Waals surface area contributed by atoms with Crippen molar-refractivity contribution in [3.05, 3.63) is 30.1 Å². The van der Waals surface area contributed by atoms with Gasteiger partial charge in [-0.3, -0.25) is 9.88 Å². The van der Waals surface area contributed by atoms with E-state index < -0.39 is 0 Å². The van der Waals surface area contributed by atoms with Crippen molar-refractivity contribution in [2.24, 2.45) is 0 Å². The average molecular weight is 263 g/mol. The maximum atomic E-state index is 4.22. The van der Waals surface area contributed by atoms with E-state index in [0.717, 1.165) is 26.1 Å². The number of hydrogen-bond acceptors (Lipinski definition) is 3. The molecule has 19 heavy (non-hydrogen) atoms. The van der Waals surface area contributed by atoms with Gasteiger partial charge >= 0.3 is 0 Å². The molecule has 1 heterocycles. The zero-order valence-electron chi connectivity index (χ0n) is 13.1. The molecule has 0 aliphatic rings. The molecule has 1 aromatic rings. The Balaban J connectivity index is 2.86. The minimum atomic E-state index is 0.134. The van der Waals surface area contributed by atoms with E-state index in [1.165, 1.54) is 5.56 Å². The van der Waals surface area contributed by atoms with Gasteiger partial charge in [0.1, 0.15) is 0 Å². The van der Waals surface area contributed by atoms with Gasteiger partial charge in [0.15, 0.2) is 0 Å². The number of nitrogens with one attached hydrogen (secondary N) is 1. The molecular formula is C16H29N3. The van der Waals surface area contributed by atoms with Crippen molar-refractivity contribution in [1.82, 2.24) is 15.2 Å². The number of rotatable bonds is 8. The number of hydrogen-bond donors (Lipinski definition) is 1. The number of likely N-dealkylation sites (N-methyl/N-ethyl adjacent to an activating group) is 2. The predicted octanol–water partition coefficient (Wildman–Crippen LogP) is 2.72. The quantitative estimate of drug-likeness (QED) is 0.781. The molecule has 0 saturated heterocycles. The summed E-state index contributed by atoms with van der Waals surface area (Å²) in [6.45, 7) is 14.5. The molecule has 3 nitrogen and oxygen atoms in total. The Morgan fingerprint density at radius 3 is 2.42 bits per heavy atom. The molecule has 108 valence electrons. The molecule has 1 aromatic heterocycles. The lowest BCUT2D eigenvalue weighted by Crippen LogP contribution is -2.58. The van der Waals surface area contributed by atoms with E-state index in [-0.39, 0.29) is 5.54 Å². The van der Waals surface area contributed by atoms with Gasteiger partial charge in [0.25, 0.3) is 0 Å². The second-order valence-electron chi connectivity index (χ2n) is 5.50. The Morgan fingerprint density at radius 2 is 1.95 bits per heavy atom. The maximum absolute atomic E-state index is 4.22. The third-order valence-corrected chi connectivity index (χ3v) is 4.04. The van der Waals surface area contributed by atoms with Gasteiger partial charge < -0.3 is 5.32 Å². The first-order valence-electron chi connectivity index (χ1n) is 7.43. The lowest BCUT2D eigenvalue weighted by molar-refractivity contribution is 0.0918. The van der Waals surface area contributed by atoms with Crippen LogP contribution < -0.4 is 5.32 Å². The highest BCUT2D eigenvalue weighted by molar-refractivity contribution is 5.12. The van der Waals surface area contributed by atoms with Crippen LogP contribution in [-0.4, -0.2) is 41.1 Å². The fraction of sp³-hybridized carbons (Fsp3) is 0.688. The summed E-state index contributed by atoms with van der Waals surface area (Å²) >= 11 is 0. The van der Waals surface area contributed by atoms with Crippen molar-refractivity contribution < 1.29 is 0 Å². The Hall–Kier alpha value is -0.930. The highest BCUT2D eigenvalue weighted by Gasteiger charge is 2.33. The van der Waals surface area contributed by atoms with Crippen molar-refractivity contribution >= 4 is 0 Å². The summed E-state index contributed by atoms with van der Waals surface area (Å²) in [7, 11) is 0. The van der Waals surface area contributed by atoms with E-state index in [0.29, 0.717) is 6.04 Å². The summed E-state index contributed by atoms with van der Waals surface area (Å²) in [4.78, 5) is 6.75. The SMILES string of the molecule is CCNC(Cc1cccnc1)C(C)(C)N(CC)CC. The molecule has 1 rings (SSSR count). The fourth-order valence-electron chi connectivity index (χ4n) is 2.83. The highest BCUT2D eigenvalue weighted by Crippen LogP contribution is 2.21. The first kappa shape index (κ1) is 16.1. The first-order chi connectivity index (χ1) is 9.06. The molecule has 0 aliphatic heterocycles. The summed E-state index contributed by atoms with van der Waals surface area (Å²) in [5, 5.41) is 3.65. The molecule has 0 fully saturated rings. The second-order valence-corrected chi connectivity index (χ2v) is 5.50. The molecule has 3 heteroatoms. The van der Waals surface area contributed by atoms with Crippen LogP contribution >= 0.6 is 0 Å². The summed E-state index contributed by atoms with van der Waals surface area (Å²) in [6, 6.07) is 4.61. The average Bonchev–Trinajstić information content (AvgIpc) is 2.40. The number of nitrogens with zero attached hydrogens (tertiary/aromatic N) is 2. The van der Waals surface area contributed by atoms with Crippen molar-refractivity contribution in [3.8, 4) is 0 Å². The van der Waals surface area contributed by atoms with E-state index in [1.807, 2.05) is 18.5 Å². The van der Waals surface area contributed by atoms with Gasteiger partial charge in [-0.25, -0.2) is 0 Å². The topological polar surface area (TPSA) is 28.2 Å². The van der Waals surface area contributed by atoms with E-state index in [4.69, 9.17) is 0 Å². The summed E-state index contributed by atoms with van der Waals surface area (Å²) in [6.07, 6.45) is 4.83. The first-order valence-corrected chi connectivity index (χ1v) is 7.43. The van der Waals surface area contributed by atoms with Crippen LogP contribution in [0.2, 0.25) is 0 Å². The monoisotopic (exact) mass is 263 g/mol. The minimum absolute atomic E-state index is 0.134. The van der Waals surface area contributed by atoms with Gasteiger partial charge in [-0.15, -0.1) is 0 Å². The van der Waals surface area contributed by atoms with Gasteiger partial charge in [0.2, 0.25) is 0 Å². The highest BCUT2D eigenvalue weighted by atomic mass is 15.2. The van der Waals surface area contributed by atoms with Crippen LogP contribution in [-0.2, 0) is 6.42 Å². The zero-order valence-corrected chi connectivity index (χ0v) is 13.1. The van der Waals surface area contributed by atoms with Crippen molar-refractivity contribution in [1.29, 1.82) is 0 Å². The summed E-state index contributed by atoms with van der Waals surface area (Å²) in [5.41, 5.74) is 1.43. The van der Waals surface area contributed by atoms with Crippen LogP contribution in [0.25, 0.3) is 0 Å². The molecular weight excluding hydrogens is 234 g/mol. The number of aromatic nitrogens is 1. The molecule has 0 aliphatic carbocycles. The molecule has 0 saturated carbocycles. The van der Waals surface area contributed by atoms with Gasteiger partial charge in [-0.05, 0) is 51.5 Å². The zero-order chi connectivity index (χ0) is 14.3. The third kappa shape index (κ3) is 4.29. The van der Waals surface area contributed by atoms with Crippen molar-refractivity contribution in [2.75, 3.05) is 19.6 Å². The molecule has 1 N–H and O–H groups in total. The Labute approximate surface area is 118 Å². The van der Waals surface area contributed by atoms with Crippen LogP contribution in [0, 0.1) is 0 Å². The number of pyridine rings is 1. The van der Waals surface area contributed by atoms with Gasteiger partial charge in [0, 0.05) is 24.0 Å². The van der Waals surface area contributed by atoms with Gasteiger partial charge in [-0.1, -0.05) is 26.8 Å². The standard InChI is InChI=1S/C16H29N3/c1-6-18-15(12-14-10-9-11-17-13-14)16(4,5)19(7-2)8-3/h9-11,13,15,18H,6-8,12H2,1-5H3. The molecule has 1 unspecified atom stereocenters. The van der Waals surface area contributed by atoms with Crippen molar-refractivity contribution in [2.45, 2.75) is 52.6 Å². The Morgan fingerprint density at radius 1 is 1.26 bits per heavy atom. The molecule has 0 bridgehead atoms. The van der Waals surface area contributed by atoms with E-state index in [1.54, 1.807) is 0 Å². The molecule has 0 amide bonds. The van der Waals surface area contributed by atoms with Crippen LogP contribution in [0.4, 0.5) is 0 Å². The van der Waals surface area contributed by atoms with Crippen LogP contribution in [0.3, 0.4) is 0 Å². The largest absolute Gasteiger partial charge is 0.312 e. The lowest BCUT2D eigenvalue weighted by Gasteiger charge is -2.44. The second kappa shape index (κ2) is 7.61. The Kier molecular flexibility index (Phi) is 6.46. The smallest absolute Gasteiger partial charge is 0.0309 e. The maximum Gasteiger partial charge on any atom is 0.0309 e. The van der Waals surface area contributed by atoms with Crippen LogP contribution in [0.1, 0.15) is 40.2 Å². The summed E-state index contributed by atoms with van der Waals surface area (Å²) in [5.74, 6) is 0. The minimum Gasteiger partial charge on any atom is -0.312 e. The fourth-order valence-corrected chi connectivity index (χ4v) is 2.83. The van der Waals surface area contributed by atoms with Crippen LogP contribution in [0.5, 0.6) is 0 Å². The third-order valence-electron chi connectivity index (χ3n) is 4.04. The van der Waals surface area contributed by atoms with E-state index in [2.05, 4.69) is 55.9 Å². The van der Waals surface area contributed by atoms with Crippen molar-refractivity contribution in [3.63, 3.8) is 0 Å². The molecule has 1 atom stereocenters. The molecule has 0 radical (unpaired) electrons. The molecule has 0 spiro atoms. The Bertz CT molecular complexity index is 344. The summed E-state index contributed by atoms with van der Waals surface area (Å²) < 4.78 is 0. The van der Waals surface area contributed by atoms with Gasteiger partial charge in [0.05, 0.1) is 0 Å². The van der Waals surface area contributed by atoms with Gasteiger partial charge in [-0.2, -0.15) is 0 Å². The normalized spacial score (nSPS) is 13.8. The predicted molar refractivity (Wildman–Crippen MR) is 82.4 cm³/mol. The lowest BCUT2D eigenvalue weighted by atomic mass is 9.87. The van der Waals surface area contributed by atoms with E-state index in [9.17, 15) is 0 Å². The van der Waals surface area contributed by atoms with Crippen LogP contribution in [0.15, 0.2) is 24.5 Å².